The summed E-state index contributed by atoms with van der Waals surface area (Å²) in [5.41, 5.74) is 1.76. The van der Waals surface area contributed by atoms with Crippen molar-refractivity contribution in [1.29, 1.82) is 0 Å². The predicted molar refractivity (Wildman–Crippen MR) is 76.0 cm³/mol. The Morgan fingerprint density at radius 1 is 1.24 bits per heavy atom. The Labute approximate surface area is 122 Å². The number of aromatic nitrogens is 3. The maximum Gasteiger partial charge on any atom is 0.317 e. The smallest absolute Gasteiger partial charge is 0.317 e. The van der Waals surface area contributed by atoms with Gasteiger partial charge >= 0.3 is 6.03 Å². The van der Waals surface area contributed by atoms with Gasteiger partial charge in [-0.3, -0.25) is 0 Å². The van der Waals surface area contributed by atoms with Crippen molar-refractivity contribution >= 4 is 6.03 Å². The van der Waals surface area contributed by atoms with Crippen LogP contribution >= 0.6 is 0 Å². The van der Waals surface area contributed by atoms with Crippen molar-refractivity contribution in [3.63, 3.8) is 0 Å². The fourth-order valence-electron chi connectivity index (χ4n) is 2.21. The molecule has 0 spiro atoms. The molecule has 1 aromatic heterocycles. The summed E-state index contributed by atoms with van der Waals surface area (Å²) in [6.45, 7) is 2.83. The van der Waals surface area contributed by atoms with Crippen molar-refractivity contribution in [2.24, 2.45) is 0 Å². The van der Waals surface area contributed by atoms with Crippen molar-refractivity contribution in [3.8, 4) is 5.69 Å². The summed E-state index contributed by atoms with van der Waals surface area (Å²) >= 11 is 0. The molecule has 1 N–H and O–H groups in total. The lowest BCUT2D eigenvalue weighted by molar-refractivity contribution is 0.0531. The van der Waals surface area contributed by atoms with Crippen LogP contribution in [-0.2, 0) is 11.3 Å². The van der Waals surface area contributed by atoms with E-state index in [0.717, 1.165) is 11.4 Å². The Morgan fingerprint density at radius 2 is 2.00 bits per heavy atom. The first-order chi connectivity index (χ1) is 10.3. The summed E-state index contributed by atoms with van der Waals surface area (Å²) in [7, 11) is 0. The topological polar surface area (TPSA) is 72.3 Å². The highest BCUT2D eigenvalue weighted by Gasteiger charge is 2.17. The van der Waals surface area contributed by atoms with E-state index in [-0.39, 0.29) is 6.03 Å². The number of benzene rings is 1. The highest BCUT2D eigenvalue weighted by Crippen LogP contribution is 2.08. The van der Waals surface area contributed by atoms with Gasteiger partial charge in [0.05, 0.1) is 37.3 Å². The van der Waals surface area contributed by atoms with Crippen LogP contribution in [0.25, 0.3) is 5.69 Å². The molecule has 2 heterocycles. The highest BCUT2D eigenvalue weighted by molar-refractivity contribution is 5.74. The van der Waals surface area contributed by atoms with Crippen LogP contribution in [0.5, 0.6) is 0 Å². The van der Waals surface area contributed by atoms with Crippen LogP contribution in [0.1, 0.15) is 5.69 Å². The molecule has 1 fully saturated rings. The van der Waals surface area contributed by atoms with Gasteiger partial charge in [0.2, 0.25) is 0 Å². The Hall–Kier alpha value is -2.41. The minimum Gasteiger partial charge on any atom is -0.378 e. The molecular formula is C14H17N5O2. The summed E-state index contributed by atoms with van der Waals surface area (Å²) in [4.78, 5) is 13.8. The van der Waals surface area contributed by atoms with Crippen LogP contribution in [0.15, 0.2) is 36.5 Å². The third-order valence-electron chi connectivity index (χ3n) is 3.34. The molecule has 2 aromatic rings. The molecule has 7 nitrogen and oxygen atoms in total. The molecule has 3 rings (SSSR count). The van der Waals surface area contributed by atoms with E-state index in [0.29, 0.717) is 32.8 Å². The first-order valence-electron chi connectivity index (χ1n) is 6.90. The van der Waals surface area contributed by atoms with Gasteiger partial charge in [-0.25, -0.2) is 9.48 Å². The lowest BCUT2D eigenvalue weighted by Gasteiger charge is -2.26. The fraction of sp³-hybridized carbons (Fsp3) is 0.357. The van der Waals surface area contributed by atoms with Crippen molar-refractivity contribution < 1.29 is 9.53 Å². The van der Waals surface area contributed by atoms with E-state index < -0.39 is 0 Å². The maximum atomic E-state index is 12.1. The number of amides is 2. The van der Waals surface area contributed by atoms with Crippen LogP contribution in [0.2, 0.25) is 0 Å². The van der Waals surface area contributed by atoms with Crippen molar-refractivity contribution in [3.05, 3.63) is 42.2 Å². The Bertz CT molecular complexity index is 592. The molecule has 0 aliphatic carbocycles. The zero-order valence-electron chi connectivity index (χ0n) is 11.6. The second-order valence-corrected chi connectivity index (χ2v) is 4.73. The molecule has 0 atom stereocenters. The van der Waals surface area contributed by atoms with E-state index in [4.69, 9.17) is 4.74 Å². The standard InChI is InChI=1S/C14H17N5O2/c20-14(18-6-8-21-9-7-18)15-10-13-11-16-17-19(13)12-4-2-1-3-5-12/h1-5,11H,6-10H2,(H,15,20). The van der Waals surface area contributed by atoms with E-state index in [9.17, 15) is 4.79 Å². The van der Waals surface area contributed by atoms with Gasteiger partial charge in [-0.15, -0.1) is 5.10 Å². The van der Waals surface area contributed by atoms with Crippen LogP contribution in [0.3, 0.4) is 0 Å². The predicted octanol–water partition coefficient (Wildman–Crippen LogP) is 0.809. The minimum atomic E-state index is -0.0842. The van der Waals surface area contributed by atoms with Gasteiger partial charge in [-0.1, -0.05) is 23.4 Å². The molecule has 7 heteroatoms. The van der Waals surface area contributed by atoms with Gasteiger partial charge < -0.3 is 15.0 Å². The third-order valence-corrected chi connectivity index (χ3v) is 3.34. The zero-order chi connectivity index (χ0) is 14.5. The highest BCUT2D eigenvalue weighted by atomic mass is 16.5. The molecule has 0 radical (unpaired) electrons. The number of carbonyl (C=O) groups is 1. The second kappa shape index (κ2) is 6.36. The number of rotatable bonds is 3. The fourth-order valence-corrected chi connectivity index (χ4v) is 2.21. The van der Waals surface area contributed by atoms with E-state index in [2.05, 4.69) is 15.6 Å². The number of hydrogen-bond acceptors (Lipinski definition) is 4. The van der Waals surface area contributed by atoms with E-state index in [1.54, 1.807) is 15.8 Å². The van der Waals surface area contributed by atoms with Gasteiger partial charge in [0, 0.05) is 13.1 Å². The Kier molecular flexibility index (Phi) is 4.11. The summed E-state index contributed by atoms with van der Waals surface area (Å²) in [5.74, 6) is 0. The number of urea groups is 1. The quantitative estimate of drug-likeness (QED) is 0.906. The van der Waals surface area contributed by atoms with E-state index >= 15 is 0 Å². The average Bonchev–Trinajstić information content (AvgIpc) is 3.03. The lowest BCUT2D eigenvalue weighted by Crippen LogP contribution is -2.46. The zero-order valence-corrected chi connectivity index (χ0v) is 11.6. The number of carbonyl (C=O) groups excluding carboxylic acids is 1. The minimum absolute atomic E-state index is 0.0842. The molecule has 1 aromatic carbocycles. The van der Waals surface area contributed by atoms with Crippen molar-refractivity contribution in [2.45, 2.75) is 6.54 Å². The molecule has 2 amide bonds. The molecule has 1 aliphatic heterocycles. The van der Waals surface area contributed by atoms with Gasteiger partial charge in [0.25, 0.3) is 0 Å². The normalized spacial score (nSPS) is 15.0. The molecule has 1 saturated heterocycles. The monoisotopic (exact) mass is 287 g/mol. The van der Waals surface area contributed by atoms with Crippen LogP contribution in [0.4, 0.5) is 4.79 Å². The summed E-state index contributed by atoms with van der Waals surface area (Å²) in [6, 6.07) is 9.63. The third kappa shape index (κ3) is 3.19. The average molecular weight is 287 g/mol. The van der Waals surface area contributed by atoms with Crippen LogP contribution < -0.4 is 5.32 Å². The summed E-state index contributed by atoms with van der Waals surface area (Å²) in [6.07, 6.45) is 1.66. The molecule has 110 valence electrons. The van der Waals surface area contributed by atoms with E-state index in [1.807, 2.05) is 30.3 Å². The number of ether oxygens (including phenoxy) is 1. The number of para-hydroxylation sites is 1. The number of hydrogen-bond donors (Lipinski definition) is 1. The Morgan fingerprint density at radius 3 is 2.76 bits per heavy atom. The van der Waals surface area contributed by atoms with Gasteiger partial charge in [-0.05, 0) is 12.1 Å². The maximum absolute atomic E-state index is 12.1. The van der Waals surface area contributed by atoms with Crippen LogP contribution in [-0.4, -0.2) is 52.2 Å². The number of nitrogens with one attached hydrogen (secondary N) is 1. The molecule has 0 unspecified atom stereocenters. The molecule has 1 aliphatic rings. The van der Waals surface area contributed by atoms with Crippen molar-refractivity contribution in [1.82, 2.24) is 25.2 Å². The summed E-state index contributed by atoms with van der Waals surface area (Å²) < 4.78 is 6.95. The number of nitrogens with zero attached hydrogens (tertiary/aromatic N) is 4. The van der Waals surface area contributed by atoms with Gasteiger partial charge in [-0.2, -0.15) is 0 Å². The Balaban J connectivity index is 1.63. The molecule has 21 heavy (non-hydrogen) atoms. The first kappa shape index (κ1) is 13.6. The molecule has 0 bridgehead atoms. The van der Waals surface area contributed by atoms with Gasteiger partial charge in [0.1, 0.15) is 0 Å². The largest absolute Gasteiger partial charge is 0.378 e. The number of morpholine rings is 1. The van der Waals surface area contributed by atoms with Crippen molar-refractivity contribution in [2.75, 3.05) is 26.3 Å². The second-order valence-electron chi connectivity index (χ2n) is 4.73. The SMILES string of the molecule is O=C(NCc1cnnn1-c1ccccc1)N1CCOCC1. The van der Waals surface area contributed by atoms with Gasteiger partial charge in [0.15, 0.2) is 0 Å². The first-order valence-corrected chi connectivity index (χ1v) is 6.90. The summed E-state index contributed by atoms with van der Waals surface area (Å²) in [5, 5.41) is 10.9. The van der Waals surface area contributed by atoms with E-state index in [1.165, 1.54) is 0 Å². The molecule has 0 saturated carbocycles. The van der Waals surface area contributed by atoms with Crippen LogP contribution in [0, 0.1) is 0 Å². The lowest BCUT2D eigenvalue weighted by atomic mass is 10.3. The molecular weight excluding hydrogens is 270 g/mol.